The second-order valence-electron chi connectivity index (χ2n) is 5.02. The molecule has 1 N–H and O–H groups in total. The number of para-hydroxylation sites is 1. The van der Waals surface area contributed by atoms with E-state index >= 15 is 0 Å². The molecule has 1 amide bonds. The number of aliphatic hydroxyl groups is 1. The molecule has 1 fully saturated rings. The molecular formula is C17H17NO4. The van der Waals surface area contributed by atoms with Crippen LogP contribution >= 0.6 is 0 Å². The number of aliphatic hydroxyl groups excluding tert-OH is 1. The molecule has 114 valence electrons. The van der Waals surface area contributed by atoms with Crippen LogP contribution in [-0.2, 0) is 11.3 Å². The number of rotatable bonds is 5. The van der Waals surface area contributed by atoms with Gasteiger partial charge in [0, 0.05) is 5.56 Å². The third-order valence-electron chi connectivity index (χ3n) is 3.64. The Kier molecular flexibility index (Phi) is 4.25. The van der Waals surface area contributed by atoms with Crippen molar-refractivity contribution in [2.24, 2.45) is 0 Å². The summed E-state index contributed by atoms with van der Waals surface area (Å²) in [6.45, 7) is 0.278. The first-order valence-corrected chi connectivity index (χ1v) is 7.09. The van der Waals surface area contributed by atoms with E-state index in [9.17, 15) is 9.90 Å². The summed E-state index contributed by atoms with van der Waals surface area (Å²) in [7, 11) is 0. The minimum atomic E-state index is -0.509. The molecule has 3 rings (SSSR count). The molecule has 0 radical (unpaired) electrons. The standard InChI is InChI=1S/C17H17NO4/c19-12-18-15(11-22-17(18)20)14-8-4-5-9-16(14)21-10-13-6-2-1-3-7-13/h1-9,15,19H,10-12H2. The van der Waals surface area contributed by atoms with E-state index in [-0.39, 0.29) is 19.4 Å². The van der Waals surface area contributed by atoms with Crippen molar-refractivity contribution >= 4 is 6.09 Å². The van der Waals surface area contributed by atoms with Crippen molar-refractivity contribution in [1.29, 1.82) is 0 Å². The predicted octanol–water partition coefficient (Wildman–Crippen LogP) is 2.71. The number of amides is 1. The maximum Gasteiger partial charge on any atom is 0.412 e. The fourth-order valence-corrected chi connectivity index (χ4v) is 2.49. The first-order valence-electron chi connectivity index (χ1n) is 7.09. The monoisotopic (exact) mass is 299 g/mol. The topological polar surface area (TPSA) is 59.0 Å². The molecule has 0 bridgehead atoms. The zero-order valence-electron chi connectivity index (χ0n) is 12.0. The number of benzene rings is 2. The van der Waals surface area contributed by atoms with Crippen LogP contribution in [-0.4, -0.2) is 29.4 Å². The first-order chi connectivity index (χ1) is 10.8. The molecule has 1 saturated heterocycles. The Morgan fingerprint density at radius 2 is 1.86 bits per heavy atom. The molecule has 1 atom stereocenters. The van der Waals surface area contributed by atoms with Gasteiger partial charge in [0.05, 0.1) is 0 Å². The van der Waals surface area contributed by atoms with Gasteiger partial charge in [0.25, 0.3) is 0 Å². The summed E-state index contributed by atoms with van der Waals surface area (Å²) in [5.41, 5.74) is 1.90. The van der Waals surface area contributed by atoms with Crippen LogP contribution < -0.4 is 4.74 Å². The molecule has 1 aliphatic heterocycles. The Morgan fingerprint density at radius 3 is 2.64 bits per heavy atom. The van der Waals surface area contributed by atoms with Gasteiger partial charge in [-0.05, 0) is 11.6 Å². The van der Waals surface area contributed by atoms with Gasteiger partial charge < -0.3 is 14.6 Å². The highest BCUT2D eigenvalue weighted by Crippen LogP contribution is 2.33. The predicted molar refractivity (Wildman–Crippen MR) is 80.2 cm³/mol. The van der Waals surface area contributed by atoms with Gasteiger partial charge in [-0.25, -0.2) is 4.79 Å². The maximum absolute atomic E-state index is 11.6. The molecule has 0 spiro atoms. The van der Waals surface area contributed by atoms with E-state index in [1.165, 1.54) is 4.90 Å². The van der Waals surface area contributed by atoms with Gasteiger partial charge in [-0.2, -0.15) is 0 Å². The molecule has 22 heavy (non-hydrogen) atoms. The number of carbonyl (C=O) groups is 1. The maximum atomic E-state index is 11.6. The van der Waals surface area contributed by atoms with E-state index in [0.29, 0.717) is 12.4 Å². The van der Waals surface area contributed by atoms with Crippen molar-refractivity contribution in [1.82, 2.24) is 4.90 Å². The highest BCUT2D eigenvalue weighted by atomic mass is 16.6. The quantitative estimate of drug-likeness (QED) is 0.922. The van der Waals surface area contributed by atoms with Crippen molar-refractivity contribution in [2.75, 3.05) is 13.3 Å². The van der Waals surface area contributed by atoms with E-state index < -0.39 is 6.09 Å². The molecular weight excluding hydrogens is 282 g/mol. The summed E-state index contributed by atoms with van der Waals surface area (Å²) in [6.07, 6.45) is -0.509. The smallest absolute Gasteiger partial charge is 0.412 e. The normalized spacial score (nSPS) is 17.4. The van der Waals surface area contributed by atoms with Gasteiger partial charge in [0.15, 0.2) is 0 Å². The van der Waals surface area contributed by atoms with Gasteiger partial charge >= 0.3 is 6.09 Å². The third kappa shape index (κ3) is 2.89. The second-order valence-corrected chi connectivity index (χ2v) is 5.02. The number of carbonyl (C=O) groups excluding carboxylic acids is 1. The Balaban J connectivity index is 1.79. The van der Waals surface area contributed by atoms with Crippen LogP contribution in [0.5, 0.6) is 5.75 Å². The van der Waals surface area contributed by atoms with Crippen LogP contribution in [0.15, 0.2) is 54.6 Å². The zero-order chi connectivity index (χ0) is 15.4. The Labute approximate surface area is 128 Å². The fraction of sp³-hybridized carbons (Fsp3) is 0.235. The van der Waals surface area contributed by atoms with Crippen LogP contribution in [0.25, 0.3) is 0 Å². The number of cyclic esters (lactones) is 1. The van der Waals surface area contributed by atoms with Crippen molar-refractivity contribution in [3.05, 3.63) is 65.7 Å². The van der Waals surface area contributed by atoms with Gasteiger partial charge in [0.2, 0.25) is 0 Å². The molecule has 2 aromatic rings. The van der Waals surface area contributed by atoms with Crippen LogP contribution in [0.1, 0.15) is 17.2 Å². The molecule has 1 aliphatic rings. The van der Waals surface area contributed by atoms with Crippen LogP contribution in [0.3, 0.4) is 0 Å². The minimum Gasteiger partial charge on any atom is -0.489 e. The Morgan fingerprint density at radius 1 is 1.14 bits per heavy atom. The average Bonchev–Trinajstić information content (AvgIpc) is 2.94. The highest BCUT2D eigenvalue weighted by Gasteiger charge is 2.35. The first kappa shape index (κ1) is 14.4. The fourth-order valence-electron chi connectivity index (χ4n) is 2.49. The number of hydrogen-bond donors (Lipinski definition) is 1. The molecule has 0 aromatic heterocycles. The van der Waals surface area contributed by atoms with Crippen molar-refractivity contribution in [3.63, 3.8) is 0 Å². The third-order valence-corrected chi connectivity index (χ3v) is 3.64. The van der Waals surface area contributed by atoms with Gasteiger partial charge in [-0.1, -0.05) is 48.5 Å². The SMILES string of the molecule is O=C1OCC(c2ccccc2OCc2ccccc2)N1CO. The van der Waals surface area contributed by atoms with Crippen molar-refractivity contribution < 1.29 is 19.4 Å². The summed E-state index contributed by atoms with van der Waals surface area (Å²) in [4.78, 5) is 12.9. The zero-order valence-corrected chi connectivity index (χ0v) is 12.0. The highest BCUT2D eigenvalue weighted by molar-refractivity contribution is 5.70. The van der Waals surface area contributed by atoms with E-state index in [1.54, 1.807) is 0 Å². The lowest BCUT2D eigenvalue weighted by atomic mass is 10.1. The van der Waals surface area contributed by atoms with Gasteiger partial charge in [-0.3, -0.25) is 4.90 Å². The lowest BCUT2D eigenvalue weighted by Gasteiger charge is -2.21. The Hall–Kier alpha value is -2.53. The molecule has 5 nitrogen and oxygen atoms in total. The summed E-state index contributed by atoms with van der Waals surface area (Å²) in [5, 5.41) is 9.35. The lowest BCUT2D eigenvalue weighted by Crippen LogP contribution is -2.28. The van der Waals surface area contributed by atoms with Crippen molar-refractivity contribution in [2.45, 2.75) is 12.6 Å². The average molecular weight is 299 g/mol. The van der Waals surface area contributed by atoms with Gasteiger partial charge in [-0.15, -0.1) is 0 Å². The molecule has 1 unspecified atom stereocenters. The number of nitrogens with zero attached hydrogens (tertiary/aromatic N) is 1. The molecule has 2 aromatic carbocycles. The van der Waals surface area contributed by atoms with Crippen LogP contribution in [0, 0.1) is 0 Å². The van der Waals surface area contributed by atoms with Crippen LogP contribution in [0.2, 0.25) is 0 Å². The second kappa shape index (κ2) is 6.49. The number of hydrogen-bond acceptors (Lipinski definition) is 4. The van der Waals surface area contributed by atoms with Crippen LogP contribution in [0.4, 0.5) is 4.79 Å². The van der Waals surface area contributed by atoms with E-state index in [4.69, 9.17) is 9.47 Å². The summed E-state index contributed by atoms with van der Waals surface area (Å²) in [6, 6.07) is 17.0. The Bertz CT molecular complexity index is 644. The molecule has 1 heterocycles. The minimum absolute atomic E-state index is 0.213. The molecule has 5 heteroatoms. The summed E-state index contributed by atoms with van der Waals surface area (Å²) >= 11 is 0. The van der Waals surface area contributed by atoms with E-state index in [2.05, 4.69) is 0 Å². The molecule has 0 aliphatic carbocycles. The largest absolute Gasteiger partial charge is 0.489 e. The molecule has 0 saturated carbocycles. The lowest BCUT2D eigenvalue weighted by molar-refractivity contribution is 0.105. The summed E-state index contributed by atoms with van der Waals surface area (Å²) < 4.78 is 10.9. The van der Waals surface area contributed by atoms with Crippen molar-refractivity contribution in [3.8, 4) is 5.75 Å². The summed E-state index contributed by atoms with van der Waals surface area (Å²) in [5.74, 6) is 0.688. The van der Waals surface area contributed by atoms with E-state index in [0.717, 1.165) is 11.1 Å². The van der Waals surface area contributed by atoms with E-state index in [1.807, 2.05) is 54.6 Å². The number of ether oxygens (including phenoxy) is 2. The van der Waals surface area contributed by atoms with Gasteiger partial charge in [0.1, 0.15) is 31.7 Å².